The molecule has 1 aromatic rings. The van der Waals surface area contributed by atoms with Gasteiger partial charge < -0.3 is 25.8 Å². The number of aliphatic hydroxyl groups excluding tert-OH is 1. The number of hydrogen-bond donors (Lipinski definition) is 5. The molecule has 1 aliphatic rings. The fraction of sp³-hybridized carbons (Fsp3) is 0.571. The number of rotatable bonds is 11. The molecule has 1 fully saturated rings. The van der Waals surface area contributed by atoms with Gasteiger partial charge in [0.05, 0.1) is 6.04 Å². The molecule has 0 radical (unpaired) electrons. The largest absolute Gasteiger partial charge is 0.445 e. The first-order valence-electron chi connectivity index (χ1n) is 10.8. The van der Waals surface area contributed by atoms with Crippen LogP contribution in [-0.2, 0) is 31.1 Å². The number of ether oxygens (including phenoxy) is 1. The molecule has 190 valence electrons. The number of carbonyl (C=O) groups is 3. The van der Waals surface area contributed by atoms with E-state index in [-0.39, 0.29) is 31.3 Å². The highest BCUT2D eigenvalue weighted by molar-refractivity contribution is 7.86. The van der Waals surface area contributed by atoms with Gasteiger partial charge in [0.25, 0.3) is 10.1 Å². The maximum atomic E-state index is 13.3. The van der Waals surface area contributed by atoms with E-state index in [0.717, 1.165) is 0 Å². The standard InChI is InChI=1S/C21H30FN3O8S/c1-12(2)8-16(25-21(29)33-11-13-4-3-5-15(22)9-13)19(27)24-17(20(28)34(30,31)32)10-14-6-7-23-18(14)26/h3-5,9,12,14,16-17,20,28H,6-8,10-11H2,1-2H3,(H,23,26)(H,24,27)(H,25,29)(H,30,31,32)/t14?,16-,17-,20?/m0/s1. The van der Waals surface area contributed by atoms with E-state index < -0.39 is 51.4 Å². The van der Waals surface area contributed by atoms with Gasteiger partial charge in [0.1, 0.15) is 18.5 Å². The number of benzene rings is 1. The normalized spacial score (nSPS) is 18.6. The maximum Gasteiger partial charge on any atom is 0.408 e. The molecule has 1 heterocycles. The van der Waals surface area contributed by atoms with Crippen LogP contribution in [0.25, 0.3) is 0 Å². The molecule has 13 heteroatoms. The molecule has 5 N–H and O–H groups in total. The molecule has 4 atom stereocenters. The van der Waals surface area contributed by atoms with Crippen LogP contribution in [-0.4, -0.2) is 60.0 Å². The molecule has 2 unspecified atom stereocenters. The van der Waals surface area contributed by atoms with E-state index in [1.165, 1.54) is 18.2 Å². The molecule has 0 aromatic heterocycles. The number of amides is 3. The molecule has 0 spiro atoms. The van der Waals surface area contributed by atoms with Crippen molar-refractivity contribution < 1.29 is 41.6 Å². The van der Waals surface area contributed by atoms with Crippen LogP contribution in [0.15, 0.2) is 24.3 Å². The molecule has 3 amide bonds. The van der Waals surface area contributed by atoms with Crippen LogP contribution in [0, 0.1) is 17.7 Å². The summed E-state index contributed by atoms with van der Waals surface area (Å²) in [7, 11) is -4.95. The van der Waals surface area contributed by atoms with Crippen LogP contribution in [0.2, 0.25) is 0 Å². The Balaban J connectivity index is 2.08. The minimum Gasteiger partial charge on any atom is -0.445 e. The average molecular weight is 504 g/mol. The van der Waals surface area contributed by atoms with Crippen LogP contribution >= 0.6 is 0 Å². The van der Waals surface area contributed by atoms with E-state index in [2.05, 4.69) is 16.0 Å². The molecule has 34 heavy (non-hydrogen) atoms. The smallest absolute Gasteiger partial charge is 0.408 e. The second-order valence-corrected chi connectivity index (χ2v) is 10.1. The second kappa shape index (κ2) is 12.1. The quantitative estimate of drug-likeness (QED) is 0.274. The lowest BCUT2D eigenvalue weighted by molar-refractivity contribution is -0.126. The fourth-order valence-electron chi connectivity index (χ4n) is 3.58. The Labute approximate surface area is 197 Å². The summed E-state index contributed by atoms with van der Waals surface area (Å²) in [6.07, 6.45) is -0.702. The van der Waals surface area contributed by atoms with Crippen LogP contribution in [0.1, 0.15) is 38.7 Å². The first kappa shape index (κ1) is 27.5. The van der Waals surface area contributed by atoms with Crippen molar-refractivity contribution >= 4 is 28.0 Å². The van der Waals surface area contributed by atoms with Crippen molar-refractivity contribution in [2.24, 2.45) is 11.8 Å². The molecular formula is C21H30FN3O8S. The summed E-state index contributed by atoms with van der Waals surface area (Å²) in [5.74, 6) is -2.45. The van der Waals surface area contributed by atoms with Gasteiger partial charge in [-0.1, -0.05) is 26.0 Å². The zero-order chi connectivity index (χ0) is 25.5. The number of carbonyl (C=O) groups excluding carboxylic acids is 3. The summed E-state index contributed by atoms with van der Waals surface area (Å²) in [5, 5.41) is 17.4. The fourth-order valence-corrected chi connectivity index (χ4v) is 4.17. The number of hydrogen-bond acceptors (Lipinski definition) is 7. The zero-order valence-corrected chi connectivity index (χ0v) is 19.7. The molecule has 1 aliphatic heterocycles. The Morgan fingerprint density at radius 3 is 2.56 bits per heavy atom. The number of nitrogens with one attached hydrogen (secondary N) is 3. The molecule has 0 aliphatic carbocycles. The Morgan fingerprint density at radius 2 is 2.00 bits per heavy atom. The lowest BCUT2D eigenvalue weighted by Gasteiger charge is -2.27. The molecule has 1 saturated heterocycles. The van der Waals surface area contributed by atoms with E-state index in [0.29, 0.717) is 18.5 Å². The van der Waals surface area contributed by atoms with Gasteiger partial charge in [0, 0.05) is 12.5 Å². The molecule has 2 rings (SSSR count). The van der Waals surface area contributed by atoms with Crippen molar-refractivity contribution in [1.29, 1.82) is 0 Å². The van der Waals surface area contributed by atoms with Crippen molar-refractivity contribution in [2.75, 3.05) is 6.54 Å². The van der Waals surface area contributed by atoms with Crippen LogP contribution in [0.5, 0.6) is 0 Å². The Kier molecular flexibility index (Phi) is 9.77. The summed E-state index contributed by atoms with van der Waals surface area (Å²) in [4.78, 5) is 37.1. The Bertz CT molecular complexity index is 988. The highest BCUT2D eigenvalue weighted by atomic mass is 32.2. The summed E-state index contributed by atoms with van der Waals surface area (Å²) < 4.78 is 50.6. The van der Waals surface area contributed by atoms with Gasteiger partial charge in [-0.2, -0.15) is 8.42 Å². The van der Waals surface area contributed by atoms with E-state index in [1.807, 2.05) is 0 Å². The number of halogens is 1. The summed E-state index contributed by atoms with van der Waals surface area (Å²) in [6.45, 7) is 3.68. The first-order chi connectivity index (χ1) is 15.9. The van der Waals surface area contributed by atoms with Crippen molar-refractivity contribution in [2.45, 2.75) is 57.2 Å². The maximum absolute atomic E-state index is 13.3. The number of aliphatic hydroxyl groups is 1. The van der Waals surface area contributed by atoms with Gasteiger partial charge >= 0.3 is 6.09 Å². The van der Waals surface area contributed by atoms with Crippen molar-refractivity contribution in [3.8, 4) is 0 Å². The van der Waals surface area contributed by atoms with Gasteiger partial charge in [0.15, 0.2) is 0 Å². The van der Waals surface area contributed by atoms with Crippen molar-refractivity contribution in [1.82, 2.24) is 16.0 Å². The van der Waals surface area contributed by atoms with E-state index in [1.54, 1.807) is 19.9 Å². The molecular weight excluding hydrogens is 473 g/mol. The third-order valence-electron chi connectivity index (χ3n) is 5.25. The van der Waals surface area contributed by atoms with Gasteiger partial charge in [-0.25, -0.2) is 9.18 Å². The first-order valence-corrected chi connectivity index (χ1v) is 12.3. The zero-order valence-electron chi connectivity index (χ0n) is 18.9. The minimum atomic E-state index is -4.95. The van der Waals surface area contributed by atoms with Crippen LogP contribution in [0.4, 0.5) is 9.18 Å². The van der Waals surface area contributed by atoms with E-state index in [9.17, 15) is 36.9 Å². The van der Waals surface area contributed by atoms with E-state index in [4.69, 9.17) is 4.74 Å². The van der Waals surface area contributed by atoms with E-state index >= 15 is 0 Å². The summed E-state index contributed by atoms with van der Waals surface area (Å²) in [5.41, 5.74) is -1.98. The van der Waals surface area contributed by atoms with Gasteiger partial charge in [-0.3, -0.25) is 14.1 Å². The lowest BCUT2D eigenvalue weighted by Crippen LogP contribution is -2.54. The van der Waals surface area contributed by atoms with Crippen molar-refractivity contribution in [3.63, 3.8) is 0 Å². The van der Waals surface area contributed by atoms with Crippen LogP contribution in [0.3, 0.4) is 0 Å². The Hall–Kier alpha value is -2.77. The second-order valence-electron chi connectivity index (χ2n) is 8.57. The molecule has 1 aromatic carbocycles. The highest BCUT2D eigenvalue weighted by Crippen LogP contribution is 2.20. The third-order valence-corrected chi connectivity index (χ3v) is 6.19. The van der Waals surface area contributed by atoms with Gasteiger partial charge in [0.2, 0.25) is 17.3 Å². The molecule has 0 bridgehead atoms. The molecule has 0 saturated carbocycles. The minimum absolute atomic E-state index is 0.0789. The highest BCUT2D eigenvalue weighted by Gasteiger charge is 2.37. The Morgan fingerprint density at radius 1 is 1.29 bits per heavy atom. The summed E-state index contributed by atoms with van der Waals surface area (Å²) in [6, 6.07) is 2.75. The van der Waals surface area contributed by atoms with Gasteiger partial charge in [-0.15, -0.1) is 0 Å². The predicted octanol–water partition coefficient (Wildman–Crippen LogP) is 0.684. The van der Waals surface area contributed by atoms with Gasteiger partial charge in [-0.05, 0) is 42.9 Å². The SMILES string of the molecule is CC(C)C[C@H](NC(=O)OCc1cccc(F)c1)C(=O)N[C@@H](CC1CCNC1=O)C(O)S(=O)(=O)O. The summed E-state index contributed by atoms with van der Waals surface area (Å²) >= 11 is 0. The average Bonchev–Trinajstić information content (AvgIpc) is 3.14. The molecule has 11 nitrogen and oxygen atoms in total. The van der Waals surface area contributed by atoms with Crippen molar-refractivity contribution in [3.05, 3.63) is 35.6 Å². The predicted molar refractivity (Wildman–Crippen MR) is 118 cm³/mol. The monoisotopic (exact) mass is 503 g/mol. The topological polar surface area (TPSA) is 171 Å². The lowest BCUT2D eigenvalue weighted by atomic mass is 9.97. The van der Waals surface area contributed by atoms with Crippen LogP contribution < -0.4 is 16.0 Å². The third kappa shape index (κ3) is 8.54. The number of alkyl carbamates (subject to hydrolysis) is 1.